The van der Waals surface area contributed by atoms with E-state index in [9.17, 15) is 4.79 Å². The molecule has 3 aromatic rings. The molecule has 0 bridgehead atoms. The molecule has 0 unspecified atom stereocenters. The van der Waals surface area contributed by atoms with E-state index in [1.165, 1.54) is 0 Å². The lowest BCUT2D eigenvalue weighted by Gasteiger charge is -2.35. The normalized spacial score (nSPS) is 14.5. The van der Waals surface area contributed by atoms with Crippen LogP contribution < -0.4 is 4.90 Å². The Bertz CT molecular complexity index is 865. The number of amides is 1. The molecule has 0 saturated carbocycles. The van der Waals surface area contributed by atoms with E-state index in [0.29, 0.717) is 24.5 Å². The van der Waals surface area contributed by atoms with Crippen LogP contribution in [0.25, 0.3) is 11.5 Å². The van der Waals surface area contributed by atoms with E-state index in [0.717, 1.165) is 30.0 Å². The molecule has 0 aliphatic carbocycles. The van der Waals surface area contributed by atoms with Crippen LogP contribution in [0.4, 0.5) is 5.82 Å². The molecule has 1 fully saturated rings. The molecule has 1 aliphatic rings. The minimum atomic E-state index is 0.0869. The van der Waals surface area contributed by atoms with Gasteiger partial charge in [0, 0.05) is 31.7 Å². The highest BCUT2D eigenvalue weighted by atomic mass is 16.3. The molecule has 0 spiro atoms. The first-order chi connectivity index (χ1) is 12.7. The fourth-order valence-electron chi connectivity index (χ4n) is 3.07. The van der Waals surface area contributed by atoms with E-state index in [-0.39, 0.29) is 5.91 Å². The third kappa shape index (κ3) is 3.31. The van der Waals surface area contributed by atoms with E-state index in [1.807, 2.05) is 60.4 Å². The van der Waals surface area contributed by atoms with Gasteiger partial charge in [0.25, 0.3) is 5.91 Å². The van der Waals surface area contributed by atoms with Crippen molar-refractivity contribution < 1.29 is 9.21 Å². The molecule has 132 valence electrons. The smallest absolute Gasteiger partial charge is 0.253 e. The molecular formula is C20H20N4O2. The van der Waals surface area contributed by atoms with Crippen molar-refractivity contribution in [1.29, 1.82) is 0 Å². The Hall–Kier alpha value is -3.15. The second kappa shape index (κ2) is 7.00. The Morgan fingerprint density at radius 2 is 1.73 bits per heavy atom. The molecule has 1 aromatic carbocycles. The summed E-state index contributed by atoms with van der Waals surface area (Å²) in [6.45, 7) is 4.85. The highest BCUT2D eigenvalue weighted by Gasteiger charge is 2.23. The van der Waals surface area contributed by atoms with Gasteiger partial charge in [-0.1, -0.05) is 17.7 Å². The van der Waals surface area contributed by atoms with Gasteiger partial charge in [0.05, 0.1) is 6.26 Å². The van der Waals surface area contributed by atoms with Crippen molar-refractivity contribution in [3.8, 4) is 11.5 Å². The number of hydrogen-bond donors (Lipinski definition) is 0. The summed E-state index contributed by atoms with van der Waals surface area (Å²) in [7, 11) is 0. The van der Waals surface area contributed by atoms with Gasteiger partial charge >= 0.3 is 0 Å². The Kier molecular flexibility index (Phi) is 4.39. The molecule has 3 heterocycles. The zero-order chi connectivity index (χ0) is 17.9. The van der Waals surface area contributed by atoms with Gasteiger partial charge in [-0.2, -0.15) is 0 Å². The zero-order valence-corrected chi connectivity index (χ0v) is 14.6. The summed E-state index contributed by atoms with van der Waals surface area (Å²) in [5.41, 5.74) is 2.61. The maximum absolute atomic E-state index is 12.6. The second-order valence-electron chi connectivity index (χ2n) is 6.40. The first kappa shape index (κ1) is 16.3. The van der Waals surface area contributed by atoms with Crippen molar-refractivity contribution in [2.45, 2.75) is 6.92 Å². The van der Waals surface area contributed by atoms with Gasteiger partial charge in [0.1, 0.15) is 5.69 Å². The molecule has 6 nitrogen and oxygen atoms in total. The number of rotatable bonds is 3. The van der Waals surface area contributed by atoms with E-state index in [4.69, 9.17) is 4.42 Å². The van der Waals surface area contributed by atoms with Crippen molar-refractivity contribution in [2.75, 3.05) is 31.1 Å². The van der Waals surface area contributed by atoms with Crippen LogP contribution in [-0.4, -0.2) is 47.2 Å². The lowest BCUT2D eigenvalue weighted by Crippen LogP contribution is -2.49. The number of benzene rings is 1. The number of piperazine rings is 1. The Balaban J connectivity index is 1.39. The highest BCUT2D eigenvalue weighted by molar-refractivity contribution is 5.94. The van der Waals surface area contributed by atoms with Crippen LogP contribution in [0.3, 0.4) is 0 Å². The molecule has 0 atom stereocenters. The van der Waals surface area contributed by atoms with Gasteiger partial charge in [-0.15, -0.1) is 10.2 Å². The summed E-state index contributed by atoms with van der Waals surface area (Å²) in [6.07, 6.45) is 1.62. The van der Waals surface area contributed by atoms with Gasteiger partial charge in [-0.25, -0.2) is 0 Å². The van der Waals surface area contributed by atoms with Gasteiger partial charge in [-0.3, -0.25) is 4.79 Å². The average molecular weight is 348 g/mol. The lowest BCUT2D eigenvalue weighted by molar-refractivity contribution is 0.0746. The minimum Gasteiger partial charge on any atom is -0.463 e. The molecule has 0 N–H and O–H groups in total. The third-order valence-corrected chi connectivity index (χ3v) is 4.61. The number of carbonyl (C=O) groups is 1. The number of aryl methyl sites for hydroxylation is 1. The molecule has 1 saturated heterocycles. The number of nitrogens with zero attached hydrogens (tertiary/aromatic N) is 4. The van der Waals surface area contributed by atoms with Gasteiger partial charge in [-0.05, 0) is 43.3 Å². The monoisotopic (exact) mass is 348 g/mol. The number of furan rings is 1. The third-order valence-electron chi connectivity index (χ3n) is 4.61. The predicted molar refractivity (Wildman–Crippen MR) is 99.0 cm³/mol. The average Bonchev–Trinajstić information content (AvgIpc) is 3.23. The molecule has 6 heteroatoms. The van der Waals surface area contributed by atoms with Crippen molar-refractivity contribution in [1.82, 2.24) is 15.1 Å². The Labute approximate surface area is 152 Å². The summed E-state index contributed by atoms with van der Waals surface area (Å²) < 4.78 is 5.33. The number of aromatic nitrogens is 2. The standard InChI is InChI=1S/C20H20N4O2/c1-15-4-6-16(7-5-15)20(25)24-12-10-23(11-13-24)19-9-8-17(21-22-19)18-3-2-14-26-18/h2-9,14H,10-13H2,1H3. The minimum absolute atomic E-state index is 0.0869. The molecule has 1 amide bonds. The zero-order valence-electron chi connectivity index (χ0n) is 14.6. The SMILES string of the molecule is Cc1ccc(C(=O)N2CCN(c3ccc(-c4ccco4)nn3)CC2)cc1. The van der Waals surface area contributed by atoms with Crippen molar-refractivity contribution in [2.24, 2.45) is 0 Å². The number of hydrogen-bond acceptors (Lipinski definition) is 5. The molecular weight excluding hydrogens is 328 g/mol. The van der Waals surface area contributed by atoms with Gasteiger partial charge in [0.2, 0.25) is 0 Å². The van der Waals surface area contributed by atoms with Gasteiger partial charge < -0.3 is 14.2 Å². The van der Waals surface area contributed by atoms with Gasteiger partial charge in [0.15, 0.2) is 11.6 Å². The van der Waals surface area contributed by atoms with Crippen molar-refractivity contribution in [3.63, 3.8) is 0 Å². The summed E-state index contributed by atoms with van der Waals surface area (Å²) in [5.74, 6) is 1.62. The van der Waals surface area contributed by atoms with E-state index >= 15 is 0 Å². The van der Waals surface area contributed by atoms with Crippen LogP contribution >= 0.6 is 0 Å². The lowest BCUT2D eigenvalue weighted by atomic mass is 10.1. The number of carbonyl (C=O) groups excluding carboxylic acids is 1. The summed E-state index contributed by atoms with van der Waals surface area (Å²) in [5, 5.41) is 8.55. The fraction of sp³-hybridized carbons (Fsp3) is 0.250. The van der Waals surface area contributed by atoms with Crippen molar-refractivity contribution in [3.05, 3.63) is 65.9 Å². The predicted octanol–water partition coefficient (Wildman–Crippen LogP) is 3.01. The first-order valence-electron chi connectivity index (χ1n) is 8.69. The molecule has 2 aromatic heterocycles. The number of anilines is 1. The molecule has 4 rings (SSSR count). The maximum atomic E-state index is 12.6. The Morgan fingerprint density at radius 3 is 2.35 bits per heavy atom. The fourth-order valence-corrected chi connectivity index (χ4v) is 3.07. The maximum Gasteiger partial charge on any atom is 0.253 e. The van der Waals surface area contributed by atoms with Crippen molar-refractivity contribution >= 4 is 11.7 Å². The largest absolute Gasteiger partial charge is 0.463 e. The summed E-state index contributed by atoms with van der Waals surface area (Å²) >= 11 is 0. The summed E-state index contributed by atoms with van der Waals surface area (Å²) in [4.78, 5) is 16.6. The Morgan fingerprint density at radius 1 is 0.962 bits per heavy atom. The van der Waals surface area contributed by atoms with Crippen LogP contribution in [-0.2, 0) is 0 Å². The highest BCUT2D eigenvalue weighted by Crippen LogP contribution is 2.20. The van der Waals surface area contributed by atoms with Crippen LogP contribution in [0.5, 0.6) is 0 Å². The molecule has 0 radical (unpaired) electrons. The second-order valence-corrected chi connectivity index (χ2v) is 6.40. The van der Waals surface area contributed by atoms with Crippen LogP contribution in [0, 0.1) is 6.92 Å². The van der Waals surface area contributed by atoms with Crippen LogP contribution in [0.1, 0.15) is 15.9 Å². The van der Waals surface area contributed by atoms with E-state index in [2.05, 4.69) is 15.1 Å². The topological polar surface area (TPSA) is 62.5 Å². The first-order valence-corrected chi connectivity index (χ1v) is 8.69. The quantitative estimate of drug-likeness (QED) is 0.728. The van der Waals surface area contributed by atoms with Crippen LogP contribution in [0.15, 0.2) is 59.2 Å². The van der Waals surface area contributed by atoms with E-state index in [1.54, 1.807) is 6.26 Å². The molecule has 1 aliphatic heterocycles. The molecule has 26 heavy (non-hydrogen) atoms. The summed E-state index contributed by atoms with van der Waals surface area (Å²) in [6, 6.07) is 15.3. The van der Waals surface area contributed by atoms with E-state index < -0.39 is 0 Å². The van der Waals surface area contributed by atoms with Crippen LogP contribution in [0.2, 0.25) is 0 Å².